The van der Waals surface area contributed by atoms with Crippen LogP contribution in [0.1, 0.15) is 10.4 Å². The Bertz CT molecular complexity index is 1100. The van der Waals surface area contributed by atoms with E-state index < -0.39 is 0 Å². The first-order valence-electron chi connectivity index (χ1n) is 7.72. The van der Waals surface area contributed by atoms with E-state index in [1.54, 1.807) is 19.2 Å². The molecule has 0 spiro atoms. The zero-order valence-electron chi connectivity index (χ0n) is 13.4. The second-order valence-electron chi connectivity index (χ2n) is 5.61. The first-order valence-corrected chi connectivity index (χ1v) is 8.51. The van der Waals surface area contributed by atoms with Crippen LogP contribution in [0.3, 0.4) is 0 Å². The quantitative estimate of drug-likeness (QED) is 0.490. The normalized spacial score (nSPS) is 11.0. The molecule has 25 heavy (non-hydrogen) atoms. The summed E-state index contributed by atoms with van der Waals surface area (Å²) in [5.41, 5.74) is 2.69. The summed E-state index contributed by atoms with van der Waals surface area (Å²) in [6.07, 6.45) is 0. The minimum absolute atomic E-state index is 0.242. The van der Waals surface area contributed by atoms with Crippen LogP contribution in [0, 0.1) is 0 Å². The fourth-order valence-corrected chi connectivity index (χ4v) is 3.22. The molecule has 0 atom stereocenters. The highest BCUT2D eigenvalue weighted by Gasteiger charge is 2.14. The van der Waals surface area contributed by atoms with E-state index in [4.69, 9.17) is 9.15 Å². The Hall–Kier alpha value is -2.79. The van der Waals surface area contributed by atoms with Crippen molar-refractivity contribution < 1.29 is 13.9 Å². The number of amides is 1. The van der Waals surface area contributed by atoms with Crippen LogP contribution >= 0.6 is 15.9 Å². The number of carbonyl (C=O) groups is 1. The smallest absolute Gasteiger partial charge is 0.259 e. The van der Waals surface area contributed by atoms with Crippen LogP contribution in [-0.4, -0.2) is 13.0 Å². The van der Waals surface area contributed by atoms with Gasteiger partial charge in [-0.3, -0.25) is 4.79 Å². The summed E-state index contributed by atoms with van der Waals surface area (Å²) < 4.78 is 11.9. The lowest BCUT2D eigenvalue weighted by Crippen LogP contribution is -2.13. The van der Waals surface area contributed by atoms with E-state index in [0.29, 0.717) is 17.0 Å². The summed E-state index contributed by atoms with van der Waals surface area (Å²) in [4.78, 5) is 12.6. The number of benzene rings is 3. The molecule has 4 rings (SSSR count). The van der Waals surface area contributed by atoms with Crippen molar-refractivity contribution in [3.63, 3.8) is 0 Å². The van der Waals surface area contributed by atoms with Crippen LogP contribution in [0.25, 0.3) is 21.9 Å². The maximum Gasteiger partial charge on any atom is 0.259 e. The summed E-state index contributed by atoms with van der Waals surface area (Å²) in [5.74, 6) is 0.277. The Morgan fingerprint density at radius 3 is 2.64 bits per heavy atom. The van der Waals surface area contributed by atoms with Crippen LogP contribution in [0.5, 0.6) is 5.75 Å². The topological polar surface area (TPSA) is 51.5 Å². The van der Waals surface area contributed by atoms with Crippen molar-refractivity contribution in [2.24, 2.45) is 0 Å². The van der Waals surface area contributed by atoms with Gasteiger partial charge in [0, 0.05) is 27.0 Å². The zero-order chi connectivity index (χ0) is 17.4. The molecule has 1 N–H and O–H groups in total. The largest absolute Gasteiger partial charge is 0.496 e. The molecule has 5 heteroatoms. The van der Waals surface area contributed by atoms with Crippen molar-refractivity contribution in [1.82, 2.24) is 0 Å². The van der Waals surface area contributed by atoms with Crippen LogP contribution < -0.4 is 10.1 Å². The van der Waals surface area contributed by atoms with Crippen molar-refractivity contribution in [3.05, 3.63) is 70.7 Å². The number of para-hydroxylation sites is 1. The number of methoxy groups -OCH3 is 1. The molecule has 0 unspecified atom stereocenters. The maximum atomic E-state index is 12.6. The lowest BCUT2D eigenvalue weighted by molar-refractivity contribution is 0.102. The average Bonchev–Trinajstić information content (AvgIpc) is 2.99. The van der Waals surface area contributed by atoms with Gasteiger partial charge in [-0.2, -0.15) is 0 Å². The fraction of sp³-hybridized carbons (Fsp3) is 0.0500. The Balaban J connectivity index is 1.70. The molecule has 0 saturated heterocycles. The van der Waals surface area contributed by atoms with Crippen molar-refractivity contribution in [2.75, 3.05) is 12.4 Å². The van der Waals surface area contributed by atoms with Gasteiger partial charge in [-0.25, -0.2) is 0 Å². The number of hydrogen-bond acceptors (Lipinski definition) is 3. The van der Waals surface area contributed by atoms with Gasteiger partial charge in [-0.05, 0) is 36.4 Å². The molecule has 0 radical (unpaired) electrons. The number of rotatable bonds is 3. The first kappa shape index (κ1) is 15.7. The Kier molecular flexibility index (Phi) is 3.93. The van der Waals surface area contributed by atoms with Gasteiger partial charge >= 0.3 is 0 Å². The van der Waals surface area contributed by atoms with E-state index in [-0.39, 0.29) is 5.91 Å². The molecule has 0 aliphatic rings. The van der Waals surface area contributed by atoms with Gasteiger partial charge in [0.1, 0.15) is 16.9 Å². The summed E-state index contributed by atoms with van der Waals surface area (Å²) in [6, 6.07) is 18.8. The van der Waals surface area contributed by atoms with E-state index in [2.05, 4.69) is 21.2 Å². The van der Waals surface area contributed by atoms with Gasteiger partial charge < -0.3 is 14.5 Å². The Morgan fingerprint density at radius 2 is 1.80 bits per heavy atom. The second kappa shape index (κ2) is 6.26. The minimum atomic E-state index is -0.242. The van der Waals surface area contributed by atoms with Gasteiger partial charge in [0.05, 0.1) is 12.7 Å². The number of furan rings is 1. The number of fused-ring (bicyclic) bond motifs is 3. The Morgan fingerprint density at radius 1 is 1.00 bits per heavy atom. The first-order chi connectivity index (χ1) is 12.2. The molecule has 124 valence electrons. The number of halogens is 1. The summed E-state index contributed by atoms with van der Waals surface area (Å²) in [5, 5.41) is 4.98. The molecule has 4 aromatic rings. The molecule has 1 amide bonds. The molecule has 0 bridgehead atoms. The fourth-order valence-electron chi connectivity index (χ4n) is 2.86. The standard InChI is InChI=1S/C20H14BrNO3/c1-24-17-9-6-12(21)10-16(17)20(23)22-13-7-8-15-14-4-2-3-5-18(14)25-19(15)11-13/h2-11H,1H3,(H,22,23). The van der Waals surface area contributed by atoms with Gasteiger partial charge in [0.2, 0.25) is 0 Å². The number of ether oxygens (including phenoxy) is 1. The summed E-state index contributed by atoms with van der Waals surface area (Å²) in [7, 11) is 1.54. The number of carbonyl (C=O) groups excluding carboxylic acids is 1. The third-order valence-electron chi connectivity index (χ3n) is 4.04. The van der Waals surface area contributed by atoms with Crippen LogP contribution in [0.2, 0.25) is 0 Å². The molecule has 0 fully saturated rings. The van der Waals surface area contributed by atoms with Crippen molar-refractivity contribution in [1.29, 1.82) is 0 Å². The summed E-state index contributed by atoms with van der Waals surface area (Å²) >= 11 is 3.38. The van der Waals surface area contributed by atoms with Gasteiger partial charge in [-0.15, -0.1) is 0 Å². The number of anilines is 1. The van der Waals surface area contributed by atoms with E-state index in [1.807, 2.05) is 48.5 Å². The second-order valence-corrected chi connectivity index (χ2v) is 6.52. The molecular weight excluding hydrogens is 382 g/mol. The van der Waals surface area contributed by atoms with Crippen LogP contribution in [0.4, 0.5) is 5.69 Å². The number of hydrogen-bond donors (Lipinski definition) is 1. The zero-order valence-corrected chi connectivity index (χ0v) is 15.0. The van der Waals surface area contributed by atoms with Gasteiger partial charge in [-0.1, -0.05) is 34.1 Å². The summed E-state index contributed by atoms with van der Waals surface area (Å²) in [6.45, 7) is 0. The van der Waals surface area contributed by atoms with Crippen molar-refractivity contribution >= 4 is 49.5 Å². The molecule has 1 heterocycles. The molecule has 0 aliphatic carbocycles. The van der Waals surface area contributed by atoms with E-state index in [9.17, 15) is 4.79 Å². The predicted octanol–water partition coefficient (Wildman–Crippen LogP) is 5.61. The third-order valence-corrected chi connectivity index (χ3v) is 4.54. The molecule has 3 aromatic carbocycles. The third kappa shape index (κ3) is 2.87. The number of nitrogens with one attached hydrogen (secondary N) is 1. The Labute approximate surface area is 152 Å². The van der Waals surface area contributed by atoms with Crippen molar-refractivity contribution in [2.45, 2.75) is 0 Å². The monoisotopic (exact) mass is 395 g/mol. The SMILES string of the molecule is COc1ccc(Br)cc1C(=O)Nc1ccc2c(c1)oc1ccccc12. The average molecular weight is 396 g/mol. The predicted molar refractivity (Wildman–Crippen MR) is 102 cm³/mol. The lowest BCUT2D eigenvalue weighted by atomic mass is 10.1. The lowest BCUT2D eigenvalue weighted by Gasteiger charge is -2.10. The highest BCUT2D eigenvalue weighted by atomic mass is 79.9. The van der Waals surface area contributed by atoms with Crippen LogP contribution in [0.15, 0.2) is 69.6 Å². The van der Waals surface area contributed by atoms with E-state index in [1.165, 1.54) is 0 Å². The van der Waals surface area contributed by atoms with Gasteiger partial charge in [0.15, 0.2) is 0 Å². The molecule has 0 aliphatic heterocycles. The molecule has 0 saturated carbocycles. The molecular formula is C20H14BrNO3. The van der Waals surface area contributed by atoms with Crippen LogP contribution in [-0.2, 0) is 0 Å². The van der Waals surface area contributed by atoms with E-state index in [0.717, 1.165) is 26.4 Å². The van der Waals surface area contributed by atoms with Crippen molar-refractivity contribution in [3.8, 4) is 5.75 Å². The highest BCUT2D eigenvalue weighted by molar-refractivity contribution is 9.10. The highest BCUT2D eigenvalue weighted by Crippen LogP contribution is 2.31. The van der Waals surface area contributed by atoms with E-state index >= 15 is 0 Å². The maximum absolute atomic E-state index is 12.6. The van der Waals surface area contributed by atoms with Gasteiger partial charge in [0.25, 0.3) is 5.91 Å². The minimum Gasteiger partial charge on any atom is -0.496 e. The molecule has 4 nitrogen and oxygen atoms in total. The molecule has 1 aromatic heterocycles.